The predicted octanol–water partition coefficient (Wildman–Crippen LogP) is 3.97. The molecule has 0 saturated carbocycles. The smallest absolute Gasteiger partial charge is 0.293 e. The van der Waals surface area contributed by atoms with Crippen LogP contribution in [0.3, 0.4) is 0 Å². The molecule has 1 aliphatic heterocycles. The summed E-state index contributed by atoms with van der Waals surface area (Å²) >= 11 is 0.745. The number of imide groups is 1. The number of carbonyl (C=O) groups excluding carboxylic acids is 3. The zero-order valence-electron chi connectivity index (χ0n) is 15.5. The van der Waals surface area contributed by atoms with E-state index in [1.807, 2.05) is 19.1 Å². The van der Waals surface area contributed by atoms with Crippen LogP contribution in [0.1, 0.15) is 17.5 Å². The van der Waals surface area contributed by atoms with E-state index in [-0.39, 0.29) is 29.5 Å². The van der Waals surface area contributed by atoms with Crippen molar-refractivity contribution in [2.24, 2.45) is 0 Å². The molecule has 2 aromatic carbocycles. The first kappa shape index (κ1) is 20.3. The van der Waals surface area contributed by atoms with Crippen LogP contribution in [-0.2, 0) is 9.59 Å². The van der Waals surface area contributed by atoms with Crippen molar-refractivity contribution in [3.8, 4) is 0 Å². The van der Waals surface area contributed by atoms with Crippen LogP contribution < -0.4 is 5.32 Å². The van der Waals surface area contributed by atoms with E-state index in [1.165, 1.54) is 24.3 Å². The Balaban J connectivity index is 1.63. The molecule has 9 heteroatoms. The van der Waals surface area contributed by atoms with Crippen molar-refractivity contribution in [2.75, 3.05) is 11.9 Å². The lowest BCUT2D eigenvalue weighted by Gasteiger charge is -2.12. The highest BCUT2D eigenvalue weighted by atomic mass is 32.2. The summed E-state index contributed by atoms with van der Waals surface area (Å²) in [4.78, 5) is 48.2. The van der Waals surface area contributed by atoms with Gasteiger partial charge in [-0.25, -0.2) is 0 Å². The number of anilines is 1. The highest BCUT2D eigenvalue weighted by molar-refractivity contribution is 8.18. The second-order valence-corrected chi connectivity index (χ2v) is 7.34. The molecule has 29 heavy (non-hydrogen) atoms. The van der Waals surface area contributed by atoms with Gasteiger partial charge in [-0.2, -0.15) is 0 Å². The predicted molar refractivity (Wildman–Crippen MR) is 110 cm³/mol. The summed E-state index contributed by atoms with van der Waals surface area (Å²) in [6.07, 6.45) is 1.40. The third-order valence-corrected chi connectivity index (χ3v) is 5.06. The van der Waals surface area contributed by atoms with Gasteiger partial charge in [0, 0.05) is 30.8 Å². The highest BCUT2D eigenvalue weighted by Gasteiger charge is 2.35. The Morgan fingerprint density at radius 1 is 1.21 bits per heavy atom. The summed E-state index contributed by atoms with van der Waals surface area (Å²) in [6, 6.07) is 13.1. The van der Waals surface area contributed by atoms with E-state index in [9.17, 15) is 24.5 Å². The molecule has 1 N–H and O–H groups in total. The van der Waals surface area contributed by atoms with E-state index in [0.29, 0.717) is 11.3 Å². The lowest BCUT2D eigenvalue weighted by Crippen LogP contribution is -2.31. The van der Waals surface area contributed by atoms with Crippen molar-refractivity contribution in [1.82, 2.24) is 4.90 Å². The van der Waals surface area contributed by atoms with Crippen molar-refractivity contribution in [2.45, 2.75) is 13.3 Å². The van der Waals surface area contributed by atoms with E-state index >= 15 is 0 Å². The first-order chi connectivity index (χ1) is 13.8. The minimum absolute atomic E-state index is 0.0317. The van der Waals surface area contributed by atoms with Gasteiger partial charge in [-0.1, -0.05) is 29.8 Å². The summed E-state index contributed by atoms with van der Waals surface area (Å²) in [5.74, 6) is -0.829. The molecule has 3 amide bonds. The first-order valence-electron chi connectivity index (χ1n) is 8.70. The number of nitro benzene ring substituents is 1. The minimum atomic E-state index is -0.532. The third kappa shape index (κ3) is 5.08. The minimum Gasteiger partial charge on any atom is -0.326 e. The molecular weight excluding hydrogens is 394 g/mol. The number of carbonyl (C=O) groups is 3. The summed E-state index contributed by atoms with van der Waals surface area (Å²) in [6.45, 7) is 1.89. The highest BCUT2D eigenvalue weighted by Crippen LogP contribution is 2.32. The van der Waals surface area contributed by atoms with Crippen LogP contribution in [0.4, 0.5) is 16.2 Å². The van der Waals surface area contributed by atoms with Crippen LogP contribution in [0.5, 0.6) is 0 Å². The number of benzene rings is 2. The summed E-state index contributed by atoms with van der Waals surface area (Å²) < 4.78 is 0. The van der Waals surface area contributed by atoms with Crippen molar-refractivity contribution in [3.05, 3.63) is 74.7 Å². The van der Waals surface area contributed by atoms with Crippen LogP contribution >= 0.6 is 11.8 Å². The van der Waals surface area contributed by atoms with Crippen LogP contribution in [0.15, 0.2) is 53.4 Å². The molecule has 0 aliphatic carbocycles. The van der Waals surface area contributed by atoms with Gasteiger partial charge in [0.1, 0.15) is 0 Å². The molecule has 3 rings (SSSR count). The monoisotopic (exact) mass is 411 g/mol. The first-order valence-corrected chi connectivity index (χ1v) is 9.51. The lowest BCUT2D eigenvalue weighted by atomic mass is 10.2. The van der Waals surface area contributed by atoms with Crippen LogP contribution in [-0.4, -0.2) is 33.4 Å². The van der Waals surface area contributed by atoms with Gasteiger partial charge in [0.2, 0.25) is 5.91 Å². The standard InChI is InChI=1S/C20H17N3O5S/c1-13-5-7-15(8-6-13)21-18(24)9-10-22-19(25)17(29-20(22)26)12-14-3-2-4-16(11-14)23(27)28/h2-8,11-12H,9-10H2,1H3,(H,21,24). The van der Waals surface area contributed by atoms with Crippen LogP contribution in [0, 0.1) is 17.0 Å². The maximum atomic E-state index is 12.5. The average Bonchev–Trinajstić information content (AvgIpc) is 2.95. The molecular formula is C20H17N3O5S. The summed E-state index contributed by atoms with van der Waals surface area (Å²) in [5, 5.41) is 13.1. The quantitative estimate of drug-likeness (QED) is 0.438. The molecule has 1 saturated heterocycles. The topological polar surface area (TPSA) is 110 Å². The Bertz CT molecular complexity index is 1020. The molecule has 8 nitrogen and oxygen atoms in total. The van der Waals surface area contributed by atoms with Gasteiger partial charge in [0.15, 0.2) is 0 Å². The molecule has 0 bridgehead atoms. The van der Waals surface area contributed by atoms with E-state index in [0.717, 1.165) is 22.2 Å². The van der Waals surface area contributed by atoms with Gasteiger partial charge in [-0.3, -0.25) is 29.4 Å². The van der Waals surface area contributed by atoms with Crippen LogP contribution in [0.25, 0.3) is 6.08 Å². The SMILES string of the molecule is Cc1ccc(NC(=O)CCN2C(=O)SC(=Cc3cccc([N+](=O)[O-])c3)C2=O)cc1. The fourth-order valence-electron chi connectivity index (χ4n) is 2.65. The molecule has 0 aromatic heterocycles. The number of nitro groups is 1. The lowest BCUT2D eigenvalue weighted by molar-refractivity contribution is -0.384. The molecule has 1 fully saturated rings. The Hall–Kier alpha value is -3.46. The number of aryl methyl sites for hydroxylation is 1. The summed E-state index contributed by atoms with van der Waals surface area (Å²) in [7, 11) is 0. The largest absolute Gasteiger partial charge is 0.326 e. The molecule has 0 spiro atoms. The number of thioether (sulfide) groups is 1. The van der Waals surface area contributed by atoms with Gasteiger partial charge in [0.25, 0.3) is 16.8 Å². The van der Waals surface area contributed by atoms with Crippen molar-refractivity contribution < 1.29 is 19.3 Å². The van der Waals surface area contributed by atoms with E-state index in [4.69, 9.17) is 0 Å². The number of non-ortho nitro benzene ring substituents is 1. The number of nitrogens with zero attached hydrogens (tertiary/aromatic N) is 2. The van der Waals surface area contributed by atoms with Crippen molar-refractivity contribution in [3.63, 3.8) is 0 Å². The van der Waals surface area contributed by atoms with Gasteiger partial charge in [-0.05, 0) is 42.5 Å². The maximum Gasteiger partial charge on any atom is 0.293 e. The van der Waals surface area contributed by atoms with E-state index in [2.05, 4.69) is 5.32 Å². The van der Waals surface area contributed by atoms with Gasteiger partial charge < -0.3 is 5.32 Å². The second-order valence-electron chi connectivity index (χ2n) is 6.35. The number of hydrogen-bond acceptors (Lipinski definition) is 6. The molecule has 0 radical (unpaired) electrons. The molecule has 148 valence electrons. The van der Waals surface area contributed by atoms with E-state index < -0.39 is 16.1 Å². The molecule has 2 aromatic rings. The zero-order chi connectivity index (χ0) is 21.0. The Morgan fingerprint density at radius 3 is 2.62 bits per heavy atom. The molecule has 0 atom stereocenters. The maximum absolute atomic E-state index is 12.5. The summed E-state index contributed by atoms with van der Waals surface area (Å²) in [5.41, 5.74) is 2.05. The Labute approximate surface area is 170 Å². The fourth-order valence-corrected chi connectivity index (χ4v) is 3.51. The number of nitrogens with one attached hydrogen (secondary N) is 1. The van der Waals surface area contributed by atoms with Gasteiger partial charge in [0.05, 0.1) is 9.83 Å². The van der Waals surface area contributed by atoms with E-state index in [1.54, 1.807) is 18.2 Å². The van der Waals surface area contributed by atoms with Crippen molar-refractivity contribution >= 4 is 46.3 Å². The average molecular weight is 411 g/mol. The number of amides is 3. The zero-order valence-corrected chi connectivity index (χ0v) is 16.3. The Kier molecular flexibility index (Phi) is 6.08. The normalized spacial score (nSPS) is 15.1. The Morgan fingerprint density at radius 2 is 1.93 bits per heavy atom. The molecule has 1 heterocycles. The number of hydrogen-bond donors (Lipinski definition) is 1. The second kappa shape index (κ2) is 8.70. The molecule has 1 aliphatic rings. The van der Waals surface area contributed by atoms with Gasteiger partial charge >= 0.3 is 0 Å². The fraction of sp³-hybridized carbons (Fsp3) is 0.150. The molecule has 0 unspecified atom stereocenters. The van der Waals surface area contributed by atoms with Crippen molar-refractivity contribution in [1.29, 1.82) is 0 Å². The van der Waals surface area contributed by atoms with Crippen LogP contribution in [0.2, 0.25) is 0 Å². The number of rotatable bonds is 6. The van der Waals surface area contributed by atoms with Gasteiger partial charge in [-0.15, -0.1) is 0 Å². The third-order valence-electron chi connectivity index (χ3n) is 4.15.